The Hall–Kier alpha value is -1.10. The number of nitrogens with one attached hydrogen (secondary N) is 1. The van der Waals surface area contributed by atoms with Gasteiger partial charge in [0.05, 0.1) is 5.54 Å². The first-order valence-electron chi connectivity index (χ1n) is 7.99. The van der Waals surface area contributed by atoms with Gasteiger partial charge in [-0.25, -0.2) is 4.79 Å². The molecule has 0 aliphatic carbocycles. The zero-order valence-corrected chi connectivity index (χ0v) is 14.0. The van der Waals surface area contributed by atoms with Gasteiger partial charge in [-0.05, 0) is 51.6 Å². The Morgan fingerprint density at radius 3 is 2.29 bits per heavy atom. The van der Waals surface area contributed by atoms with Crippen molar-refractivity contribution in [3.63, 3.8) is 0 Å². The fraction of sp³-hybridized carbons (Fsp3) is 0.875. The van der Waals surface area contributed by atoms with Gasteiger partial charge in [-0.3, -0.25) is 9.69 Å². The first kappa shape index (κ1) is 18.0. The molecule has 0 spiro atoms. The number of hydrogen-bond donors (Lipinski definition) is 2. The first-order valence-corrected chi connectivity index (χ1v) is 7.99. The number of likely N-dealkylation sites (tertiary alicyclic amines) is 1. The molecule has 0 saturated carbocycles. The molecule has 2 N–H and O–H groups in total. The number of carbonyl (C=O) groups excluding carboxylic acids is 1. The molecule has 1 amide bonds. The molecule has 5 nitrogen and oxygen atoms in total. The third-order valence-electron chi connectivity index (χ3n) is 4.90. The molecule has 0 radical (unpaired) electrons. The van der Waals surface area contributed by atoms with Crippen LogP contribution in [0, 0.1) is 11.8 Å². The lowest BCUT2D eigenvalue weighted by Crippen LogP contribution is -2.60. The molecule has 0 bridgehead atoms. The van der Waals surface area contributed by atoms with Gasteiger partial charge in [0.15, 0.2) is 0 Å². The second-order valence-electron chi connectivity index (χ2n) is 6.90. The molecule has 1 heterocycles. The molecule has 1 aliphatic rings. The molecule has 1 aliphatic heterocycles. The molecule has 1 saturated heterocycles. The normalized spacial score (nSPS) is 20.8. The number of hydrogen-bond acceptors (Lipinski definition) is 3. The van der Waals surface area contributed by atoms with Crippen molar-refractivity contribution in [2.45, 2.75) is 65.5 Å². The van der Waals surface area contributed by atoms with E-state index in [1.807, 2.05) is 27.7 Å². The summed E-state index contributed by atoms with van der Waals surface area (Å²) in [4.78, 5) is 26.1. The van der Waals surface area contributed by atoms with Crippen LogP contribution in [-0.4, -0.2) is 46.6 Å². The van der Waals surface area contributed by atoms with Crippen molar-refractivity contribution in [3.05, 3.63) is 0 Å². The highest BCUT2D eigenvalue weighted by Gasteiger charge is 2.38. The highest BCUT2D eigenvalue weighted by atomic mass is 16.4. The molecule has 0 aromatic heterocycles. The van der Waals surface area contributed by atoms with Gasteiger partial charge < -0.3 is 10.4 Å². The van der Waals surface area contributed by atoms with Crippen LogP contribution in [0.5, 0.6) is 0 Å². The predicted octanol–water partition coefficient (Wildman–Crippen LogP) is 2.11. The molecule has 1 rings (SSSR count). The van der Waals surface area contributed by atoms with Crippen LogP contribution in [0.2, 0.25) is 0 Å². The highest BCUT2D eigenvalue weighted by Crippen LogP contribution is 2.24. The summed E-state index contributed by atoms with van der Waals surface area (Å²) in [6, 6.07) is -0.814. The molecule has 5 heteroatoms. The number of carboxylic acid groups (broad SMARTS) is 1. The van der Waals surface area contributed by atoms with Crippen LogP contribution in [0.15, 0.2) is 0 Å². The molecule has 2 atom stereocenters. The summed E-state index contributed by atoms with van der Waals surface area (Å²) in [7, 11) is 0. The summed E-state index contributed by atoms with van der Waals surface area (Å²) in [5.41, 5.74) is -0.665. The summed E-state index contributed by atoms with van der Waals surface area (Å²) in [5.74, 6) is -0.527. The Balaban J connectivity index is 2.73. The Bertz CT molecular complexity index is 374. The van der Waals surface area contributed by atoms with E-state index < -0.39 is 17.6 Å². The second kappa shape index (κ2) is 7.25. The Morgan fingerprint density at radius 1 is 1.33 bits per heavy atom. The standard InChI is InChI=1S/C16H30N2O3/c1-6-12(3)13(14(19)20)17-15(21)16(4,5)18-9-7-11(2)8-10-18/h11-13H,6-10H2,1-5H3,(H,17,21)(H,19,20). The minimum absolute atomic E-state index is 0.0800. The topological polar surface area (TPSA) is 69.6 Å². The Morgan fingerprint density at radius 2 is 1.86 bits per heavy atom. The second-order valence-corrected chi connectivity index (χ2v) is 6.90. The van der Waals surface area contributed by atoms with E-state index in [0.29, 0.717) is 5.92 Å². The van der Waals surface area contributed by atoms with Gasteiger partial charge in [-0.1, -0.05) is 27.2 Å². The lowest BCUT2D eigenvalue weighted by molar-refractivity contribution is -0.145. The molecular formula is C16H30N2O3. The van der Waals surface area contributed by atoms with Gasteiger partial charge in [-0.2, -0.15) is 0 Å². The fourth-order valence-corrected chi connectivity index (χ4v) is 2.71. The molecule has 2 unspecified atom stereocenters. The minimum atomic E-state index is -0.958. The lowest BCUT2D eigenvalue weighted by atomic mass is 9.92. The van der Waals surface area contributed by atoms with E-state index in [9.17, 15) is 14.7 Å². The smallest absolute Gasteiger partial charge is 0.326 e. The maximum absolute atomic E-state index is 12.6. The maximum Gasteiger partial charge on any atom is 0.326 e. The Kier molecular flexibility index (Phi) is 6.20. The maximum atomic E-state index is 12.6. The van der Waals surface area contributed by atoms with Gasteiger partial charge in [0.2, 0.25) is 5.91 Å². The highest BCUT2D eigenvalue weighted by molar-refractivity contribution is 5.89. The van der Waals surface area contributed by atoms with E-state index in [1.54, 1.807) is 0 Å². The number of piperidine rings is 1. The number of carbonyl (C=O) groups is 2. The van der Waals surface area contributed by atoms with E-state index in [-0.39, 0.29) is 11.8 Å². The average Bonchev–Trinajstić information content (AvgIpc) is 2.43. The molecule has 0 aromatic carbocycles. The van der Waals surface area contributed by atoms with Crippen LogP contribution in [0.4, 0.5) is 0 Å². The fourth-order valence-electron chi connectivity index (χ4n) is 2.71. The van der Waals surface area contributed by atoms with Gasteiger partial charge in [0.25, 0.3) is 0 Å². The summed E-state index contributed by atoms with van der Waals surface area (Å²) < 4.78 is 0. The lowest BCUT2D eigenvalue weighted by Gasteiger charge is -2.41. The van der Waals surface area contributed by atoms with Crippen molar-refractivity contribution >= 4 is 11.9 Å². The minimum Gasteiger partial charge on any atom is -0.480 e. The number of carboxylic acids is 1. The largest absolute Gasteiger partial charge is 0.480 e. The predicted molar refractivity (Wildman–Crippen MR) is 83.1 cm³/mol. The SMILES string of the molecule is CCC(C)C(NC(=O)C(C)(C)N1CCC(C)CC1)C(=O)O. The van der Waals surface area contributed by atoms with Crippen molar-refractivity contribution in [2.75, 3.05) is 13.1 Å². The summed E-state index contributed by atoms with van der Waals surface area (Å²) in [6.45, 7) is 11.6. The number of nitrogens with zero attached hydrogens (tertiary/aromatic N) is 1. The van der Waals surface area contributed by atoms with Gasteiger partial charge >= 0.3 is 5.97 Å². The Labute approximate surface area is 128 Å². The molecule has 1 fully saturated rings. The van der Waals surface area contributed by atoms with Crippen molar-refractivity contribution < 1.29 is 14.7 Å². The van der Waals surface area contributed by atoms with E-state index in [4.69, 9.17) is 0 Å². The van der Waals surface area contributed by atoms with E-state index in [2.05, 4.69) is 17.1 Å². The van der Waals surface area contributed by atoms with Crippen LogP contribution in [0.1, 0.15) is 53.9 Å². The van der Waals surface area contributed by atoms with Crippen LogP contribution < -0.4 is 5.32 Å². The van der Waals surface area contributed by atoms with E-state index >= 15 is 0 Å². The van der Waals surface area contributed by atoms with Crippen molar-refractivity contribution in [2.24, 2.45) is 11.8 Å². The average molecular weight is 298 g/mol. The third-order valence-corrected chi connectivity index (χ3v) is 4.90. The van der Waals surface area contributed by atoms with Crippen LogP contribution in [-0.2, 0) is 9.59 Å². The molecule has 0 aromatic rings. The summed E-state index contributed by atoms with van der Waals surface area (Å²) in [6.07, 6.45) is 2.90. The molecule has 21 heavy (non-hydrogen) atoms. The van der Waals surface area contributed by atoms with Gasteiger partial charge in [-0.15, -0.1) is 0 Å². The summed E-state index contributed by atoms with van der Waals surface area (Å²) in [5, 5.41) is 12.0. The van der Waals surface area contributed by atoms with E-state index in [1.165, 1.54) is 0 Å². The van der Waals surface area contributed by atoms with Crippen molar-refractivity contribution in [1.29, 1.82) is 0 Å². The van der Waals surface area contributed by atoms with E-state index in [0.717, 1.165) is 32.4 Å². The van der Waals surface area contributed by atoms with Crippen LogP contribution in [0.3, 0.4) is 0 Å². The van der Waals surface area contributed by atoms with Gasteiger partial charge in [0, 0.05) is 0 Å². The molecular weight excluding hydrogens is 268 g/mol. The zero-order chi connectivity index (χ0) is 16.2. The number of aliphatic carboxylic acids is 1. The van der Waals surface area contributed by atoms with Crippen molar-refractivity contribution in [3.8, 4) is 0 Å². The zero-order valence-electron chi connectivity index (χ0n) is 14.0. The monoisotopic (exact) mass is 298 g/mol. The number of amides is 1. The summed E-state index contributed by atoms with van der Waals surface area (Å²) >= 11 is 0. The number of rotatable bonds is 6. The van der Waals surface area contributed by atoms with Gasteiger partial charge in [0.1, 0.15) is 6.04 Å². The van der Waals surface area contributed by atoms with Crippen LogP contribution >= 0.6 is 0 Å². The van der Waals surface area contributed by atoms with Crippen molar-refractivity contribution in [1.82, 2.24) is 10.2 Å². The first-order chi connectivity index (χ1) is 9.70. The quantitative estimate of drug-likeness (QED) is 0.788. The molecule has 122 valence electrons. The third kappa shape index (κ3) is 4.43. The van der Waals surface area contributed by atoms with Crippen LogP contribution in [0.25, 0.3) is 0 Å².